The summed E-state index contributed by atoms with van der Waals surface area (Å²) < 4.78 is 0. The van der Waals surface area contributed by atoms with Crippen molar-refractivity contribution in [3.05, 3.63) is 35.9 Å². The number of hydrogen-bond donors (Lipinski definition) is 2. The summed E-state index contributed by atoms with van der Waals surface area (Å²) >= 11 is 0. The third-order valence-electron chi connectivity index (χ3n) is 2.99. The Bertz CT molecular complexity index is 362. The van der Waals surface area contributed by atoms with Crippen molar-refractivity contribution in [2.24, 2.45) is 5.92 Å². The number of carbonyl (C=O) groups excluding carboxylic acids is 1. The second-order valence-corrected chi connectivity index (χ2v) is 5.32. The van der Waals surface area contributed by atoms with Crippen LogP contribution in [0.2, 0.25) is 0 Å². The predicted molar refractivity (Wildman–Crippen MR) is 79.9 cm³/mol. The molecule has 106 valence electrons. The lowest BCUT2D eigenvalue weighted by atomic mass is 9.97. The number of rotatable bonds is 8. The molecule has 19 heavy (non-hydrogen) atoms. The van der Waals surface area contributed by atoms with Gasteiger partial charge in [-0.05, 0) is 24.3 Å². The van der Waals surface area contributed by atoms with Crippen LogP contribution in [0.15, 0.2) is 30.3 Å². The Morgan fingerprint density at radius 3 is 2.47 bits per heavy atom. The van der Waals surface area contributed by atoms with Crippen LogP contribution in [0.1, 0.15) is 45.2 Å². The zero-order chi connectivity index (χ0) is 14.1. The highest BCUT2D eigenvalue weighted by molar-refractivity contribution is 5.77. The van der Waals surface area contributed by atoms with Crippen LogP contribution in [0.3, 0.4) is 0 Å². The quantitative estimate of drug-likeness (QED) is 0.756. The van der Waals surface area contributed by atoms with Crippen LogP contribution in [-0.4, -0.2) is 19.0 Å². The lowest BCUT2D eigenvalue weighted by molar-refractivity contribution is -0.120. The molecule has 0 saturated heterocycles. The molecule has 0 fully saturated rings. The van der Waals surface area contributed by atoms with Crippen LogP contribution in [0.25, 0.3) is 0 Å². The van der Waals surface area contributed by atoms with Crippen molar-refractivity contribution in [2.45, 2.75) is 39.7 Å². The normalized spacial score (nSPS) is 12.4. The molecule has 1 amide bonds. The fourth-order valence-electron chi connectivity index (χ4n) is 2.04. The van der Waals surface area contributed by atoms with Gasteiger partial charge in [0.2, 0.25) is 5.91 Å². The molecular formula is C16H26N2O. The van der Waals surface area contributed by atoms with Gasteiger partial charge in [0.15, 0.2) is 0 Å². The number of amides is 1. The monoisotopic (exact) mass is 262 g/mol. The zero-order valence-electron chi connectivity index (χ0n) is 12.3. The summed E-state index contributed by atoms with van der Waals surface area (Å²) in [6.45, 7) is 7.59. The number of hydrogen-bond acceptors (Lipinski definition) is 2. The van der Waals surface area contributed by atoms with E-state index >= 15 is 0 Å². The molecule has 1 unspecified atom stereocenters. The third kappa shape index (κ3) is 6.39. The van der Waals surface area contributed by atoms with Crippen molar-refractivity contribution in [3.63, 3.8) is 0 Å². The standard InChI is InChI=1S/C16H26N2O/c1-4-10-17-16(19)12-18-15(11-13(2)3)14-8-6-5-7-9-14/h5-9,13,15,18H,4,10-12H2,1-3H3,(H,17,19). The van der Waals surface area contributed by atoms with Crippen molar-refractivity contribution in [1.29, 1.82) is 0 Å². The van der Waals surface area contributed by atoms with Gasteiger partial charge in [0.05, 0.1) is 6.54 Å². The fourth-order valence-corrected chi connectivity index (χ4v) is 2.04. The molecule has 1 aromatic rings. The molecule has 1 aromatic carbocycles. The summed E-state index contributed by atoms with van der Waals surface area (Å²) in [7, 11) is 0. The van der Waals surface area contributed by atoms with Crippen molar-refractivity contribution >= 4 is 5.91 Å². The van der Waals surface area contributed by atoms with Crippen LogP contribution in [0, 0.1) is 5.92 Å². The maximum Gasteiger partial charge on any atom is 0.233 e. The van der Waals surface area contributed by atoms with Crippen LogP contribution in [0.5, 0.6) is 0 Å². The second-order valence-electron chi connectivity index (χ2n) is 5.32. The molecule has 0 aliphatic heterocycles. The summed E-state index contributed by atoms with van der Waals surface area (Å²) in [5.74, 6) is 0.669. The van der Waals surface area contributed by atoms with Gasteiger partial charge in [0.25, 0.3) is 0 Å². The van der Waals surface area contributed by atoms with E-state index in [1.807, 2.05) is 18.2 Å². The Morgan fingerprint density at radius 1 is 1.21 bits per heavy atom. The van der Waals surface area contributed by atoms with E-state index in [1.54, 1.807) is 0 Å². The van der Waals surface area contributed by atoms with Gasteiger partial charge < -0.3 is 10.6 Å². The van der Waals surface area contributed by atoms with Gasteiger partial charge in [-0.1, -0.05) is 51.1 Å². The second kappa shape index (κ2) is 8.70. The van der Waals surface area contributed by atoms with E-state index in [9.17, 15) is 4.79 Å². The molecular weight excluding hydrogens is 236 g/mol. The van der Waals surface area contributed by atoms with Gasteiger partial charge in [-0.15, -0.1) is 0 Å². The van der Waals surface area contributed by atoms with Gasteiger partial charge in [-0.2, -0.15) is 0 Å². The first-order valence-electron chi connectivity index (χ1n) is 7.18. The highest BCUT2D eigenvalue weighted by atomic mass is 16.1. The van der Waals surface area contributed by atoms with E-state index in [-0.39, 0.29) is 11.9 Å². The molecule has 0 saturated carbocycles. The Morgan fingerprint density at radius 2 is 1.89 bits per heavy atom. The predicted octanol–water partition coefficient (Wildman–Crippen LogP) is 2.89. The Balaban J connectivity index is 2.53. The van der Waals surface area contributed by atoms with E-state index < -0.39 is 0 Å². The maximum absolute atomic E-state index is 11.6. The maximum atomic E-state index is 11.6. The SMILES string of the molecule is CCCNC(=O)CNC(CC(C)C)c1ccccc1. The van der Waals surface area contributed by atoms with Crippen LogP contribution >= 0.6 is 0 Å². The van der Waals surface area contributed by atoms with Gasteiger partial charge >= 0.3 is 0 Å². The first-order chi connectivity index (χ1) is 9.13. The molecule has 1 rings (SSSR count). The summed E-state index contributed by atoms with van der Waals surface area (Å²) in [6.07, 6.45) is 2.00. The Hall–Kier alpha value is -1.35. The largest absolute Gasteiger partial charge is 0.355 e. The van der Waals surface area contributed by atoms with E-state index in [0.29, 0.717) is 12.5 Å². The molecule has 0 aliphatic carbocycles. The van der Waals surface area contributed by atoms with Crippen molar-refractivity contribution in [2.75, 3.05) is 13.1 Å². The molecule has 0 spiro atoms. The van der Waals surface area contributed by atoms with Crippen molar-refractivity contribution in [1.82, 2.24) is 10.6 Å². The fraction of sp³-hybridized carbons (Fsp3) is 0.562. The molecule has 0 bridgehead atoms. The molecule has 3 nitrogen and oxygen atoms in total. The summed E-state index contributed by atoms with van der Waals surface area (Å²) in [5.41, 5.74) is 1.25. The van der Waals surface area contributed by atoms with Crippen LogP contribution in [-0.2, 0) is 4.79 Å². The third-order valence-corrected chi connectivity index (χ3v) is 2.99. The topological polar surface area (TPSA) is 41.1 Å². The zero-order valence-corrected chi connectivity index (χ0v) is 12.3. The van der Waals surface area contributed by atoms with E-state index in [2.05, 4.69) is 43.5 Å². The number of nitrogens with one attached hydrogen (secondary N) is 2. The first kappa shape index (κ1) is 15.7. The number of benzene rings is 1. The minimum atomic E-state index is 0.0755. The number of carbonyl (C=O) groups is 1. The van der Waals surface area contributed by atoms with Gasteiger partial charge in [-0.25, -0.2) is 0 Å². The van der Waals surface area contributed by atoms with E-state index in [1.165, 1.54) is 5.56 Å². The van der Waals surface area contributed by atoms with Crippen LogP contribution < -0.4 is 10.6 Å². The molecule has 1 atom stereocenters. The Labute approximate surface area is 116 Å². The molecule has 0 aliphatic rings. The van der Waals surface area contributed by atoms with Gasteiger partial charge in [0.1, 0.15) is 0 Å². The summed E-state index contributed by atoms with van der Waals surface area (Å²) in [4.78, 5) is 11.6. The smallest absolute Gasteiger partial charge is 0.233 e. The molecule has 2 N–H and O–H groups in total. The minimum Gasteiger partial charge on any atom is -0.355 e. The lowest BCUT2D eigenvalue weighted by Gasteiger charge is -2.21. The van der Waals surface area contributed by atoms with Crippen LogP contribution in [0.4, 0.5) is 0 Å². The molecule has 0 radical (unpaired) electrons. The average molecular weight is 262 g/mol. The van der Waals surface area contributed by atoms with Crippen molar-refractivity contribution in [3.8, 4) is 0 Å². The van der Waals surface area contributed by atoms with E-state index in [4.69, 9.17) is 0 Å². The van der Waals surface area contributed by atoms with Gasteiger partial charge in [-0.3, -0.25) is 4.79 Å². The summed E-state index contributed by atoms with van der Waals surface area (Å²) in [6, 6.07) is 10.6. The minimum absolute atomic E-state index is 0.0755. The summed E-state index contributed by atoms with van der Waals surface area (Å²) in [5, 5.41) is 6.26. The molecule has 3 heteroatoms. The highest BCUT2D eigenvalue weighted by Gasteiger charge is 2.13. The van der Waals surface area contributed by atoms with Gasteiger partial charge in [0, 0.05) is 12.6 Å². The molecule has 0 heterocycles. The molecule has 0 aromatic heterocycles. The average Bonchev–Trinajstić information content (AvgIpc) is 2.41. The van der Waals surface area contributed by atoms with E-state index in [0.717, 1.165) is 19.4 Å². The lowest BCUT2D eigenvalue weighted by Crippen LogP contribution is -2.36. The van der Waals surface area contributed by atoms with Crippen molar-refractivity contribution < 1.29 is 4.79 Å². The first-order valence-corrected chi connectivity index (χ1v) is 7.18. The Kier molecular flexibility index (Phi) is 7.19. The highest BCUT2D eigenvalue weighted by Crippen LogP contribution is 2.20.